The Balaban J connectivity index is 1.77. The van der Waals surface area contributed by atoms with Gasteiger partial charge in [0.05, 0.1) is 22.4 Å². The molecule has 0 spiro atoms. The van der Waals surface area contributed by atoms with E-state index < -0.39 is 5.92 Å². The number of aryl methyl sites for hydroxylation is 2. The van der Waals surface area contributed by atoms with Gasteiger partial charge in [0, 0.05) is 18.0 Å². The molecular weight excluding hydrogens is 389 g/mol. The quantitative estimate of drug-likeness (QED) is 0.777. The first-order valence-corrected chi connectivity index (χ1v) is 10.1. The molecule has 148 valence electrons. The van der Waals surface area contributed by atoms with Crippen LogP contribution in [0.1, 0.15) is 29.0 Å². The highest BCUT2D eigenvalue weighted by molar-refractivity contribution is 8.03. The van der Waals surface area contributed by atoms with Crippen molar-refractivity contribution in [3.63, 3.8) is 0 Å². The van der Waals surface area contributed by atoms with Gasteiger partial charge in [-0.3, -0.25) is 9.59 Å². The summed E-state index contributed by atoms with van der Waals surface area (Å²) < 4.78 is 13.2. The van der Waals surface area contributed by atoms with Gasteiger partial charge >= 0.3 is 0 Å². The first-order valence-electron chi connectivity index (χ1n) is 9.07. The van der Waals surface area contributed by atoms with E-state index >= 15 is 0 Å². The molecule has 29 heavy (non-hydrogen) atoms. The van der Waals surface area contributed by atoms with Crippen molar-refractivity contribution in [1.82, 2.24) is 5.32 Å². The number of rotatable bonds is 5. The van der Waals surface area contributed by atoms with E-state index in [0.29, 0.717) is 16.2 Å². The molecule has 3 rings (SSSR count). The molecule has 0 radical (unpaired) electrons. The Hall–Kier alpha value is -3.11. The van der Waals surface area contributed by atoms with E-state index in [1.54, 1.807) is 12.1 Å². The first kappa shape index (κ1) is 20.6. The van der Waals surface area contributed by atoms with Gasteiger partial charge in [-0.15, -0.1) is 0 Å². The Morgan fingerprint density at radius 1 is 1.24 bits per heavy atom. The Bertz CT molecular complexity index is 1010. The molecule has 0 unspecified atom stereocenters. The number of amides is 2. The van der Waals surface area contributed by atoms with Crippen molar-refractivity contribution in [1.29, 1.82) is 5.26 Å². The molecule has 1 heterocycles. The van der Waals surface area contributed by atoms with Crippen molar-refractivity contribution in [3.8, 4) is 6.07 Å². The van der Waals surface area contributed by atoms with Crippen molar-refractivity contribution in [2.24, 2.45) is 0 Å². The molecule has 0 fully saturated rings. The second kappa shape index (κ2) is 8.93. The number of para-hydroxylation sites is 1. The summed E-state index contributed by atoms with van der Waals surface area (Å²) in [5.41, 5.74) is 3.76. The average Bonchev–Trinajstić information content (AvgIpc) is 2.69. The van der Waals surface area contributed by atoms with Crippen molar-refractivity contribution >= 4 is 29.3 Å². The number of carbonyl (C=O) groups excluding carboxylic acids is 2. The third-order valence-electron chi connectivity index (χ3n) is 4.72. The van der Waals surface area contributed by atoms with E-state index in [1.807, 2.05) is 32.0 Å². The molecule has 0 aliphatic carbocycles. The molecule has 7 heteroatoms. The number of anilines is 1. The van der Waals surface area contributed by atoms with E-state index in [1.165, 1.54) is 12.1 Å². The van der Waals surface area contributed by atoms with Crippen LogP contribution in [0.25, 0.3) is 0 Å². The maximum atomic E-state index is 13.2. The van der Waals surface area contributed by atoms with Gasteiger partial charge in [0.2, 0.25) is 11.8 Å². The van der Waals surface area contributed by atoms with Crippen molar-refractivity contribution in [2.45, 2.75) is 26.2 Å². The molecule has 5 nitrogen and oxygen atoms in total. The molecule has 1 aliphatic heterocycles. The fourth-order valence-corrected chi connectivity index (χ4v) is 4.11. The van der Waals surface area contributed by atoms with Gasteiger partial charge in [0.15, 0.2) is 0 Å². The van der Waals surface area contributed by atoms with Crippen molar-refractivity contribution < 1.29 is 14.0 Å². The maximum Gasteiger partial charge on any atom is 0.234 e. The molecule has 0 saturated heterocycles. The second-order valence-electron chi connectivity index (χ2n) is 6.81. The van der Waals surface area contributed by atoms with Gasteiger partial charge < -0.3 is 10.6 Å². The van der Waals surface area contributed by atoms with Crippen LogP contribution in [0.3, 0.4) is 0 Å². The lowest BCUT2D eigenvalue weighted by Gasteiger charge is -2.25. The molecule has 0 aromatic heterocycles. The highest BCUT2D eigenvalue weighted by Gasteiger charge is 2.29. The topological polar surface area (TPSA) is 82.0 Å². The molecule has 0 saturated carbocycles. The standard InChI is InChI=1S/C22H20FN3O2S/c1-13-4-3-5-14(2)21(13)25-20(28)12-29-22-18(11-24)17(10-19(27)26-22)15-6-8-16(23)9-7-15/h3-9,17H,10,12H2,1-2H3,(H,25,28)(H,26,27)/t17-/m0/s1. The Morgan fingerprint density at radius 2 is 1.90 bits per heavy atom. The van der Waals surface area contributed by atoms with E-state index in [2.05, 4.69) is 16.7 Å². The van der Waals surface area contributed by atoms with Crippen LogP contribution in [0.5, 0.6) is 0 Å². The van der Waals surface area contributed by atoms with Gasteiger partial charge in [0.1, 0.15) is 5.82 Å². The number of hydrogen-bond donors (Lipinski definition) is 2. The summed E-state index contributed by atoms with van der Waals surface area (Å²) in [4.78, 5) is 24.6. The summed E-state index contributed by atoms with van der Waals surface area (Å²) in [5.74, 6) is -1.26. The largest absolute Gasteiger partial charge is 0.325 e. The summed E-state index contributed by atoms with van der Waals surface area (Å²) >= 11 is 1.11. The molecule has 2 aromatic carbocycles. The number of carbonyl (C=O) groups is 2. The lowest BCUT2D eigenvalue weighted by molar-refractivity contribution is -0.121. The van der Waals surface area contributed by atoms with Gasteiger partial charge in [-0.25, -0.2) is 4.39 Å². The van der Waals surface area contributed by atoms with E-state index in [4.69, 9.17) is 0 Å². The Labute approximate surface area is 173 Å². The zero-order valence-corrected chi connectivity index (χ0v) is 16.9. The molecule has 1 atom stereocenters. The maximum absolute atomic E-state index is 13.2. The highest BCUT2D eigenvalue weighted by atomic mass is 32.2. The first-order chi connectivity index (χ1) is 13.9. The molecule has 2 aromatic rings. The minimum Gasteiger partial charge on any atom is -0.325 e. The number of hydrogen-bond acceptors (Lipinski definition) is 4. The fraction of sp³-hybridized carbons (Fsp3) is 0.227. The average molecular weight is 409 g/mol. The van der Waals surface area contributed by atoms with Crippen LogP contribution in [0.4, 0.5) is 10.1 Å². The summed E-state index contributed by atoms with van der Waals surface area (Å²) in [6.07, 6.45) is 0.104. The van der Waals surface area contributed by atoms with Crippen molar-refractivity contribution in [2.75, 3.05) is 11.1 Å². The zero-order valence-electron chi connectivity index (χ0n) is 16.1. The van der Waals surface area contributed by atoms with Crippen LogP contribution in [0.15, 0.2) is 53.1 Å². The van der Waals surface area contributed by atoms with Crippen molar-refractivity contribution in [3.05, 3.63) is 75.6 Å². The molecular formula is C22H20FN3O2S. The molecule has 2 amide bonds. The number of allylic oxidation sites excluding steroid dienone is 1. The lowest BCUT2D eigenvalue weighted by Crippen LogP contribution is -2.31. The SMILES string of the molecule is Cc1cccc(C)c1NC(=O)CSC1=C(C#N)[C@H](c2ccc(F)cc2)CC(=O)N1. The number of thioether (sulfide) groups is 1. The summed E-state index contributed by atoms with van der Waals surface area (Å²) in [6, 6.07) is 13.7. The molecule has 2 N–H and O–H groups in total. The van der Waals surface area contributed by atoms with Gasteiger partial charge in [0.25, 0.3) is 0 Å². The number of halogens is 1. The van der Waals surface area contributed by atoms with Gasteiger partial charge in [-0.1, -0.05) is 42.1 Å². The smallest absolute Gasteiger partial charge is 0.234 e. The van der Waals surface area contributed by atoms with E-state index in [0.717, 1.165) is 28.6 Å². The number of nitrogens with one attached hydrogen (secondary N) is 2. The van der Waals surface area contributed by atoms with Crippen LogP contribution in [-0.2, 0) is 9.59 Å². The Morgan fingerprint density at radius 3 is 2.52 bits per heavy atom. The molecule has 1 aliphatic rings. The number of nitriles is 1. The predicted octanol–water partition coefficient (Wildman–Crippen LogP) is 4.15. The minimum atomic E-state index is -0.460. The third-order valence-corrected chi connectivity index (χ3v) is 5.74. The normalized spacial score (nSPS) is 16.2. The number of nitrogens with zero attached hydrogens (tertiary/aromatic N) is 1. The highest BCUT2D eigenvalue weighted by Crippen LogP contribution is 2.36. The van der Waals surface area contributed by atoms with E-state index in [9.17, 15) is 19.2 Å². The molecule has 0 bridgehead atoms. The second-order valence-corrected chi connectivity index (χ2v) is 7.80. The fourth-order valence-electron chi connectivity index (χ4n) is 3.24. The van der Waals surface area contributed by atoms with Gasteiger partial charge in [-0.2, -0.15) is 5.26 Å². The van der Waals surface area contributed by atoms with Crippen LogP contribution in [0, 0.1) is 31.0 Å². The summed E-state index contributed by atoms with van der Waals surface area (Å²) in [7, 11) is 0. The third kappa shape index (κ3) is 4.84. The van der Waals surface area contributed by atoms with Crippen LogP contribution < -0.4 is 10.6 Å². The van der Waals surface area contributed by atoms with Crippen LogP contribution >= 0.6 is 11.8 Å². The zero-order chi connectivity index (χ0) is 21.0. The lowest BCUT2D eigenvalue weighted by atomic mass is 9.87. The minimum absolute atomic E-state index is 0.0463. The summed E-state index contributed by atoms with van der Waals surface area (Å²) in [5, 5.41) is 15.6. The van der Waals surface area contributed by atoms with Gasteiger partial charge in [-0.05, 0) is 42.7 Å². The van der Waals surface area contributed by atoms with E-state index in [-0.39, 0.29) is 29.8 Å². The van der Waals surface area contributed by atoms with Crippen LogP contribution in [-0.4, -0.2) is 17.6 Å². The Kier molecular flexibility index (Phi) is 6.35. The predicted molar refractivity (Wildman–Crippen MR) is 112 cm³/mol. The number of benzene rings is 2. The summed E-state index contributed by atoms with van der Waals surface area (Å²) in [6.45, 7) is 3.83. The monoisotopic (exact) mass is 409 g/mol. The van der Waals surface area contributed by atoms with Crippen LogP contribution in [0.2, 0.25) is 0 Å².